The van der Waals surface area contributed by atoms with Crippen LogP contribution in [0.4, 0.5) is 0 Å². The van der Waals surface area contributed by atoms with Crippen LogP contribution in [-0.2, 0) is 0 Å². The Labute approximate surface area is 87.4 Å². The summed E-state index contributed by atoms with van der Waals surface area (Å²) in [6, 6.07) is 12.3. The maximum Gasteiger partial charge on any atom is 0.153 e. The number of nitrogens with one attached hydrogen (secondary N) is 1. The third-order valence-corrected chi connectivity index (χ3v) is 2.56. The van der Waals surface area contributed by atoms with Crippen molar-refractivity contribution in [2.75, 3.05) is 0 Å². The minimum atomic E-state index is 0.964. The maximum atomic E-state index is 4.30. The van der Waals surface area contributed by atoms with Gasteiger partial charge in [0.05, 0.1) is 17.6 Å². The molecule has 0 saturated heterocycles. The Morgan fingerprint density at radius 2 is 2.00 bits per heavy atom. The number of H-pyrrole nitrogens is 1. The highest BCUT2D eigenvalue weighted by Gasteiger charge is 2.04. The quantitative estimate of drug-likeness (QED) is 0.639. The number of aromatic amines is 1. The summed E-state index contributed by atoms with van der Waals surface area (Å²) in [5.74, 6) is 0. The van der Waals surface area contributed by atoms with Crippen molar-refractivity contribution in [3.63, 3.8) is 0 Å². The molecule has 0 unspecified atom stereocenters. The van der Waals surface area contributed by atoms with E-state index < -0.39 is 0 Å². The molecule has 0 aliphatic carbocycles. The largest absolute Gasteiger partial charge is 0.292 e. The number of fused-ring (bicyclic) bond motifs is 1. The molecule has 3 rings (SSSR count). The standard InChI is InChI=1S/C12H11N3/c1-9-8-13-12-7-11(14-15(9)12)10-5-3-2-4-6-10/h2-8,14H,1H3. The molecule has 0 spiro atoms. The predicted molar refractivity (Wildman–Crippen MR) is 59.7 cm³/mol. The number of imidazole rings is 1. The van der Waals surface area contributed by atoms with E-state index in [2.05, 4.69) is 28.3 Å². The topological polar surface area (TPSA) is 33.1 Å². The summed E-state index contributed by atoms with van der Waals surface area (Å²) in [4.78, 5) is 4.30. The molecule has 2 heterocycles. The number of rotatable bonds is 1. The Bertz CT molecular complexity index is 590. The van der Waals surface area contributed by atoms with Crippen LogP contribution in [0.3, 0.4) is 0 Å². The predicted octanol–water partition coefficient (Wildman–Crippen LogP) is 2.64. The van der Waals surface area contributed by atoms with Crippen molar-refractivity contribution in [1.29, 1.82) is 0 Å². The smallest absolute Gasteiger partial charge is 0.153 e. The van der Waals surface area contributed by atoms with Crippen molar-refractivity contribution < 1.29 is 0 Å². The lowest BCUT2D eigenvalue weighted by Crippen LogP contribution is -1.86. The summed E-state index contributed by atoms with van der Waals surface area (Å²) in [6.45, 7) is 2.03. The second kappa shape index (κ2) is 2.98. The van der Waals surface area contributed by atoms with Gasteiger partial charge >= 0.3 is 0 Å². The van der Waals surface area contributed by atoms with Gasteiger partial charge in [0.2, 0.25) is 0 Å². The highest BCUT2D eigenvalue weighted by molar-refractivity contribution is 5.64. The first-order valence-corrected chi connectivity index (χ1v) is 4.93. The van der Waals surface area contributed by atoms with Crippen molar-refractivity contribution >= 4 is 5.65 Å². The Morgan fingerprint density at radius 1 is 1.20 bits per heavy atom. The lowest BCUT2D eigenvalue weighted by Gasteiger charge is -1.95. The average Bonchev–Trinajstić information content (AvgIpc) is 2.83. The van der Waals surface area contributed by atoms with Crippen molar-refractivity contribution in [1.82, 2.24) is 14.6 Å². The van der Waals surface area contributed by atoms with E-state index in [1.165, 1.54) is 5.56 Å². The van der Waals surface area contributed by atoms with E-state index in [9.17, 15) is 0 Å². The number of benzene rings is 1. The van der Waals surface area contributed by atoms with Crippen LogP contribution >= 0.6 is 0 Å². The minimum Gasteiger partial charge on any atom is -0.292 e. The lowest BCUT2D eigenvalue weighted by molar-refractivity contribution is 0.935. The monoisotopic (exact) mass is 197 g/mol. The summed E-state index contributed by atoms with van der Waals surface area (Å²) >= 11 is 0. The van der Waals surface area contributed by atoms with Crippen molar-refractivity contribution in [2.24, 2.45) is 0 Å². The molecule has 1 N–H and O–H groups in total. The van der Waals surface area contributed by atoms with Gasteiger partial charge in [0.1, 0.15) is 0 Å². The molecule has 3 heteroatoms. The normalized spacial score (nSPS) is 11.0. The van der Waals surface area contributed by atoms with Gasteiger partial charge in [-0.3, -0.25) is 5.10 Å². The lowest BCUT2D eigenvalue weighted by atomic mass is 10.2. The SMILES string of the molecule is Cc1cnc2cc(-c3ccccc3)[nH]n12. The average molecular weight is 197 g/mol. The highest BCUT2D eigenvalue weighted by atomic mass is 15.3. The fraction of sp³-hybridized carbons (Fsp3) is 0.0833. The molecular weight excluding hydrogens is 186 g/mol. The molecule has 0 atom stereocenters. The van der Waals surface area contributed by atoms with Crippen molar-refractivity contribution in [2.45, 2.75) is 6.92 Å². The second-order valence-corrected chi connectivity index (χ2v) is 3.63. The molecule has 0 bridgehead atoms. The fourth-order valence-corrected chi connectivity index (χ4v) is 1.75. The Morgan fingerprint density at radius 3 is 2.73 bits per heavy atom. The number of aryl methyl sites for hydroxylation is 1. The van der Waals surface area contributed by atoms with E-state index in [1.807, 2.05) is 35.8 Å². The van der Waals surface area contributed by atoms with Crippen molar-refractivity contribution in [3.05, 3.63) is 48.3 Å². The third-order valence-electron chi connectivity index (χ3n) is 2.56. The maximum absolute atomic E-state index is 4.30. The molecule has 0 saturated carbocycles. The molecule has 0 amide bonds. The zero-order valence-corrected chi connectivity index (χ0v) is 8.44. The van der Waals surface area contributed by atoms with Gasteiger partial charge in [-0.1, -0.05) is 30.3 Å². The van der Waals surface area contributed by atoms with E-state index in [4.69, 9.17) is 0 Å². The Kier molecular flexibility index (Phi) is 1.65. The highest BCUT2D eigenvalue weighted by Crippen LogP contribution is 2.19. The molecule has 2 aromatic heterocycles. The van der Waals surface area contributed by atoms with Crippen LogP contribution in [0.1, 0.15) is 5.69 Å². The molecule has 3 nitrogen and oxygen atoms in total. The van der Waals surface area contributed by atoms with Crippen molar-refractivity contribution in [3.8, 4) is 11.3 Å². The van der Waals surface area contributed by atoms with Gasteiger partial charge in [0, 0.05) is 6.07 Å². The molecule has 3 aromatic rings. The molecule has 0 radical (unpaired) electrons. The Hall–Kier alpha value is -2.03. The van der Waals surface area contributed by atoms with Crippen LogP contribution in [0.2, 0.25) is 0 Å². The number of hydrogen-bond donors (Lipinski definition) is 1. The van der Waals surface area contributed by atoms with Gasteiger partial charge < -0.3 is 0 Å². The van der Waals surface area contributed by atoms with E-state index in [0.717, 1.165) is 17.0 Å². The molecule has 74 valence electrons. The van der Waals surface area contributed by atoms with Gasteiger partial charge in [-0.15, -0.1) is 0 Å². The van der Waals surface area contributed by atoms with Crippen LogP contribution in [0.5, 0.6) is 0 Å². The zero-order valence-electron chi connectivity index (χ0n) is 8.44. The molecule has 0 aliphatic heterocycles. The minimum absolute atomic E-state index is 0.964. The van der Waals surface area contributed by atoms with Gasteiger partial charge in [-0.05, 0) is 12.5 Å². The summed E-state index contributed by atoms with van der Waals surface area (Å²) in [5.41, 5.74) is 4.36. The summed E-state index contributed by atoms with van der Waals surface area (Å²) < 4.78 is 1.99. The van der Waals surface area contributed by atoms with Crippen LogP contribution in [-0.4, -0.2) is 14.6 Å². The first-order chi connectivity index (χ1) is 7.34. The summed E-state index contributed by atoms with van der Waals surface area (Å²) in [6.07, 6.45) is 1.86. The summed E-state index contributed by atoms with van der Waals surface area (Å²) in [7, 11) is 0. The van der Waals surface area contributed by atoms with E-state index in [-0.39, 0.29) is 0 Å². The zero-order chi connectivity index (χ0) is 10.3. The van der Waals surface area contributed by atoms with Crippen LogP contribution in [0, 0.1) is 6.92 Å². The van der Waals surface area contributed by atoms with Gasteiger partial charge in [-0.2, -0.15) is 0 Å². The van der Waals surface area contributed by atoms with Crippen LogP contribution < -0.4 is 0 Å². The summed E-state index contributed by atoms with van der Waals surface area (Å²) in [5, 5.41) is 3.31. The van der Waals surface area contributed by atoms with E-state index >= 15 is 0 Å². The molecule has 15 heavy (non-hydrogen) atoms. The molecule has 1 aromatic carbocycles. The van der Waals surface area contributed by atoms with Gasteiger partial charge in [0.25, 0.3) is 0 Å². The fourth-order valence-electron chi connectivity index (χ4n) is 1.75. The number of nitrogens with zero attached hydrogens (tertiary/aromatic N) is 2. The number of hydrogen-bond acceptors (Lipinski definition) is 1. The number of aromatic nitrogens is 3. The Balaban J connectivity index is 2.20. The second-order valence-electron chi connectivity index (χ2n) is 3.63. The van der Waals surface area contributed by atoms with Crippen LogP contribution in [0.25, 0.3) is 16.9 Å². The first kappa shape index (κ1) is 8.29. The van der Waals surface area contributed by atoms with E-state index in [1.54, 1.807) is 0 Å². The third kappa shape index (κ3) is 1.24. The van der Waals surface area contributed by atoms with E-state index in [0.29, 0.717) is 0 Å². The van der Waals surface area contributed by atoms with Gasteiger partial charge in [-0.25, -0.2) is 9.50 Å². The van der Waals surface area contributed by atoms with Gasteiger partial charge in [0.15, 0.2) is 5.65 Å². The first-order valence-electron chi connectivity index (χ1n) is 4.93. The molecule has 0 aliphatic rings. The molecular formula is C12H11N3. The molecule has 0 fully saturated rings. The van der Waals surface area contributed by atoms with Crippen LogP contribution in [0.15, 0.2) is 42.6 Å².